The van der Waals surface area contributed by atoms with Crippen molar-refractivity contribution in [1.82, 2.24) is 5.32 Å². The summed E-state index contributed by atoms with van der Waals surface area (Å²) in [5.74, 6) is 0.702. The first-order valence-corrected chi connectivity index (χ1v) is 6.86. The Balaban J connectivity index is 1.89. The van der Waals surface area contributed by atoms with E-state index in [4.69, 9.17) is 14.2 Å². The number of aldehydes is 1. The van der Waals surface area contributed by atoms with Gasteiger partial charge in [0.05, 0.1) is 12.7 Å². The van der Waals surface area contributed by atoms with Crippen LogP contribution in [0.15, 0.2) is 18.2 Å². The van der Waals surface area contributed by atoms with Crippen molar-refractivity contribution in [3.05, 3.63) is 23.8 Å². The van der Waals surface area contributed by atoms with E-state index in [-0.39, 0.29) is 18.6 Å². The van der Waals surface area contributed by atoms with Crippen LogP contribution in [0.25, 0.3) is 0 Å². The predicted molar refractivity (Wildman–Crippen MR) is 75.9 cm³/mol. The Bertz CT molecular complexity index is 497. The zero-order valence-corrected chi connectivity index (χ0v) is 12.0. The van der Waals surface area contributed by atoms with Crippen LogP contribution in [0.1, 0.15) is 23.2 Å². The maximum absolute atomic E-state index is 11.8. The van der Waals surface area contributed by atoms with Crippen molar-refractivity contribution in [2.45, 2.75) is 18.9 Å². The van der Waals surface area contributed by atoms with Gasteiger partial charge in [0, 0.05) is 25.3 Å². The van der Waals surface area contributed by atoms with E-state index in [1.807, 2.05) is 0 Å². The maximum atomic E-state index is 11.8. The number of methoxy groups -OCH3 is 1. The van der Waals surface area contributed by atoms with Crippen LogP contribution in [0.2, 0.25) is 0 Å². The molecular weight excluding hydrogens is 274 g/mol. The van der Waals surface area contributed by atoms with Gasteiger partial charge in [0.15, 0.2) is 12.9 Å². The van der Waals surface area contributed by atoms with Crippen LogP contribution in [-0.4, -0.2) is 45.2 Å². The van der Waals surface area contributed by atoms with Crippen LogP contribution in [0, 0.1) is 0 Å². The number of hydrogen-bond acceptors (Lipinski definition) is 5. The molecule has 0 aromatic heterocycles. The monoisotopic (exact) mass is 293 g/mol. The summed E-state index contributed by atoms with van der Waals surface area (Å²) < 4.78 is 15.7. The molecule has 0 saturated carbocycles. The molecular formula is C15H19NO5. The van der Waals surface area contributed by atoms with Gasteiger partial charge in [-0.1, -0.05) is 0 Å². The lowest BCUT2D eigenvalue weighted by molar-refractivity contribution is -0.124. The van der Waals surface area contributed by atoms with Gasteiger partial charge in [-0.25, -0.2) is 0 Å². The van der Waals surface area contributed by atoms with Crippen LogP contribution in [0.5, 0.6) is 11.5 Å². The van der Waals surface area contributed by atoms with Gasteiger partial charge in [-0.3, -0.25) is 9.59 Å². The SMILES string of the molecule is COc1ccc(C=O)c(OCC(=O)NC2CCOCC2)c1. The van der Waals surface area contributed by atoms with E-state index in [1.54, 1.807) is 18.2 Å². The molecule has 0 unspecified atom stereocenters. The van der Waals surface area contributed by atoms with Crippen LogP contribution in [0.3, 0.4) is 0 Å². The molecule has 21 heavy (non-hydrogen) atoms. The molecule has 6 nitrogen and oxygen atoms in total. The second-order valence-electron chi connectivity index (χ2n) is 4.76. The number of rotatable bonds is 6. The van der Waals surface area contributed by atoms with E-state index >= 15 is 0 Å². The molecule has 0 bridgehead atoms. The van der Waals surface area contributed by atoms with Crippen molar-refractivity contribution in [1.29, 1.82) is 0 Å². The van der Waals surface area contributed by atoms with E-state index in [9.17, 15) is 9.59 Å². The third-order valence-electron chi connectivity index (χ3n) is 3.29. The minimum Gasteiger partial charge on any atom is -0.497 e. The largest absolute Gasteiger partial charge is 0.497 e. The average Bonchev–Trinajstić information content (AvgIpc) is 2.53. The van der Waals surface area contributed by atoms with Crippen LogP contribution >= 0.6 is 0 Å². The summed E-state index contributed by atoms with van der Waals surface area (Å²) >= 11 is 0. The fourth-order valence-corrected chi connectivity index (χ4v) is 2.12. The Morgan fingerprint density at radius 1 is 1.43 bits per heavy atom. The third kappa shape index (κ3) is 4.46. The molecule has 0 spiro atoms. The summed E-state index contributed by atoms with van der Waals surface area (Å²) in [7, 11) is 1.53. The number of amides is 1. The third-order valence-corrected chi connectivity index (χ3v) is 3.29. The van der Waals surface area contributed by atoms with Crippen molar-refractivity contribution in [2.24, 2.45) is 0 Å². The fourth-order valence-electron chi connectivity index (χ4n) is 2.12. The number of carbonyl (C=O) groups is 2. The molecule has 114 valence electrons. The van der Waals surface area contributed by atoms with Gasteiger partial charge in [0.1, 0.15) is 11.5 Å². The Kier molecular flexibility index (Phi) is 5.57. The number of benzene rings is 1. The predicted octanol–water partition coefficient (Wildman–Crippen LogP) is 1.18. The summed E-state index contributed by atoms with van der Waals surface area (Å²) in [4.78, 5) is 22.8. The Morgan fingerprint density at radius 2 is 2.19 bits per heavy atom. The molecule has 1 fully saturated rings. The number of nitrogens with one attached hydrogen (secondary N) is 1. The summed E-state index contributed by atoms with van der Waals surface area (Å²) in [5, 5.41) is 2.89. The molecule has 1 aliphatic heterocycles. The first kappa shape index (κ1) is 15.3. The van der Waals surface area contributed by atoms with Gasteiger partial charge >= 0.3 is 0 Å². The molecule has 0 radical (unpaired) electrons. The van der Waals surface area contributed by atoms with Crippen molar-refractivity contribution < 1.29 is 23.8 Å². The summed E-state index contributed by atoms with van der Waals surface area (Å²) in [6.45, 7) is 1.19. The van der Waals surface area contributed by atoms with Crippen molar-refractivity contribution >= 4 is 12.2 Å². The second-order valence-corrected chi connectivity index (χ2v) is 4.76. The quantitative estimate of drug-likeness (QED) is 0.797. The molecule has 0 aliphatic carbocycles. The van der Waals surface area contributed by atoms with Gasteiger partial charge < -0.3 is 19.5 Å². The average molecular weight is 293 g/mol. The van der Waals surface area contributed by atoms with E-state index in [1.165, 1.54) is 7.11 Å². The zero-order chi connectivity index (χ0) is 15.1. The van der Waals surface area contributed by atoms with Crippen molar-refractivity contribution in [2.75, 3.05) is 26.9 Å². The lowest BCUT2D eigenvalue weighted by Crippen LogP contribution is -2.41. The Morgan fingerprint density at radius 3 is 2.86 bits per heavy atom. The molecule has 1 aliphatic rings. The topological polar surface area (TPSA) is 73.9 Å². The minimum atomic E-state index is -0.207. The first-order valence-electron chi connectivity index (χ1n) is 6.86. The highest BCUT2D eigenvalue weighted by Crippen LogP contribution is 2.23. The van der Waals surface area contributed by atoms with Crippen LogP contribution < -0.4 is 14.8 Å². The van der Waals surface area contributed by atoms with E-state index in [0.717, 1.165) is 12.8 Å². The van der Waals surface area contributed by atoms with Crippen LogP contribution in [-0.2, 0) is 9.53 Å². The molecule has 2 rings (SSSR count). The maximum Gasteiger partial charge on any atom is 0.258 e. The highest BCUT2D eigenvalue weighted by atomic mass is 16.5. The van der Waals surface area contributed by atoms with E-state index in [2.05, 4.69) is 5.32 Å². The standard InChI is InChI=1S/C15H19NO5/c1-19-13-3-2-11(9-17)14(8-13)21-10-15(18)16-12-4-6-20-7-5-12/h2-3,8-9,12H,4-7,10H2,1H3,(H,16,18). The molecule has 1 heterocycles. The summed E-state index contributed by atoms with van der Waals surface area (Å²) in [6.07, 6.45) is 2.31. The van der Waals surface area contributed by atoms with Crippen molar-refractivity contribution in [3.63, 3.8) is 0 Å². The van der Waals surface area contributed by atoms with E-state index in [0.29, 0.717) is 36.6 Å². The highest BCUT2D eigenvalue weighted by Gasteiger charge is 2.16. The molecule has 1 aromatic carbocycles. The minimum absolute atomic E-state index is 0.130. The fraction of sp³-hybridized carbons (Fsp3) is 0.467. The number of ether oxygens (including phenoxy) is 3. The zero-order valence-electron chi connectivity index (χ0n) is 12.0. The lowest BCUT2D eigenvalue weighted by atomic mass is 10.1. The Hall–Kier alpha value is -2.08. The van der Waals surface area contributed by atoms with Gasteiger partial charge in [-0.15, -0.1) is 0 Å². The van der Waals surface area contributed by atoms with E-state index < -0.39 is 0 Å². The normalized spacial score (nSPS) is 15.3. The van der Waals surface area contributed by atoms with Gasteiger partial charge in [0.25, 0.3) is 5.91 Å². The molecule has 1 amide bonds. The lowest BCUT2D eigenvalue weighted by Gasteiger charge is -2.23. The smallest absolute Gasteiger partial charge is 0.258 e. The van der Waals surface area contributed by atoms with Gasteiger partial charge in [-0.2, -0.15) is 0 Å². The molecule has 1 saturated heterocycles. The molecule has 0 atom stereocenters. The summed E-state index contributed by atoms with van der Waals surface area (Å²) in [5.41, 5.74) is 0.384. The number of carbonyl (C=O) groups excluding carboxylic acids is 2. The Labute approximate surface area is 123 Å². The molecule has 1 aromatic rings. The summed E-state index contributed by atoms with van der Waals surface area (Å²) in [6, 6.07) is 4.98. The van der Waals surface area contributed by atoms with Gasteiger partial charge in [-0.05, 0) is 25.0 Å². The molecule has 6 heteroatoms. The second kappa shape index (κ2) is 7.64. The van der Waals surface area contributed by atoms with Gasteiger partial charge in [0.2, 0.25) is 0 Å². The highest BCUT2D eigenvalue weighted by molar-refractivity contribution is 5.81. The molecule has 1 N–H and O–H groups in total. The van der Waals surface area contributed by atoms with Crippen LogP contribution in [0.4, 0.5) is 0 Å². The van der Waals surface area contributed by atoms with Crippen molar-refractivity contribution in [3.8, 4) is 11.5 Å². The first-order chi connectivity index (χ1) is 10.2. The number of hydrogen-bond donors (Lipinski definition) is 1.